The van der Waals surface area contributed by atoms with Crippen molar-refractivity contribution >= 4 is 15.9 Å². The summed E-state index contributed by atoms with van der Waals surface area (Å²) in [4.78, 5) is 0. The standard InChI is InChI=1S/C9H11BrO3/c1-5(11)2-6-3-7(10)4-8(12)9(6)13/h3-5,11-13H,2H2,1H3. The maximum atomic E-state index is 9.39. The molecule has 1 unspecified atom stereocenters. The summed E-state index contributed by atoms with van der Waals surface area (Å²) in [5.41, 5.74) is 0.530. The number of hydrogen-bond acceptors (Lipinski definition) is 3. The van der Waals surface area contributed by atoms with Gasteiger partial charge in [0.1, 0.15) is 0 Å². The summed E-state index contributed by atoms with van der Waals surface area (Å²) in [6.45, 7) is 1.62. The zero-order chi connectivity index (χ0) is 10.0. The topological polar surface area (TPSA) is 60.7 Å². The second-order valence-corrected chi connectivity index (χ2v) is 3.90. The first-order chi connectivity index (χ1) is 6.00. The van der Waals surface area contributed by atoms with E-state index in [0.717, 1.165) is 0 Å². The van der Waals surface area contributed by atoms with E-state index in [2.05, 4.69) is 15.9 Å². The molecule has 0 radical (unpaired) electrons. The van der Waals surface area contributed by atoms with Crippen LogP contribution in [0.25, 0.3) is 0 Å². The fraction of sp³-hybridized carbons (Fsp3) is 0.333. The van der Waals surface area contributed by atoms with Gasteiger partial charge in [-0.3, -0.25) is 0 Å². The van der Waals surface area contributed by atoms with Crippen molar-refractivity contribution in [3.8, 4) is 11.5 Å². The average molecular weight is 247 g/mol. The average Bonchev–Trinajstić information content (AvgIpc) is 1.98. The van der Waals surface area contributed by atoms with Crippen LogP contribution < -0.4 is 0 Å². The smallest absolute Gasteiger partial charge is 0.160 e. The molecule has 0 heterocycles. The van der Waals surface area contributed by atoms with Crippen LogP contribution in [0.4, 0.5) is 0 Å². The third kappa shape index (κ3) is 2.60. The molecule has 1 aromatic carbocycles. The Morgan fingerprint density at radius 1 is 1.38 bits per heavy atom. The maximum absolute atomic E-state index is 9.39. The van der Waals surface area contributed by atoms with Gasteiger partial charge in [0, 0.05) is 16.5 Å². The Kier molecular flexibility index (Phi) is 3.17. The summed E-state index contributed by atoms with van der Waals surface area (Å²) in [6.07, 6.45) is -0.224. The van der Waals surface area contributed by atoms with Gasteiger partial charge in [-0.25, -0.2) is 0 Å². The van der Waals surface area contributed by atoms with Crippen LogP contribution in [-0.4, -0.2) is 21.4 Å². The number of rotatable bonds is 2. The molecule has 3 nitrogen and oxygen atoms in total. The number of hydrogen-bond donors (Lipinski definition) is 3. The minimum Gasteiger partial charge on any atom is -0.504 e. The van der Waals surface area contributed by atoms with Crippen LogP contribution in [0.5, 0.6) is 11.5 Å². The van der Waals surface area contributed by atoms with Crippen LogP contribution in [0.2, 0.25) is 0 Å². The van der Waals surface area contributed by atoms with Gasteiger partial charge in [0.2, 0.25) is 0 Å². The first kappa shape index (κ1) is 10.3. The molecule has 0 aliphatic rings. The molecule has 1 atom stereocenters. The molecule has 0 spiro atoms. The molecule has 0 aliphatic heterocycles. The summed E-state index contributed by atoms with van der Waals surface area (Å²) in [5, 5.41) is 27.7. The van der Waals surface area contributed by atoms with Gasteiger partial charge in [0.05, 0.1) is 6.10 Å². The lowest BCUT2D eigenvalue weighted by atomic mass is 10.1. The van der Waals surface area contributed by atoms with Crippen molar-refractivity contribution < 1.29 is 15.3 Å². The second-order valence-electron chi connectivity index (χ2n) is 2.99. The number of benzene rings is 1. The zero-order valence-corrected chi connectivity index (χ0v) is 8.74. The van der Waals surface area contributed by atoms with Crippen molar-refractivity contribution in [2.24, 2.45) is 0 Å². The Labute approximate surface area is 84.8 Å². The molecule has 0 bridgehead atoms. The van der Waals surface area contributed by atoms with Gasteiger partial charge in [-0.2, -0.15) is 0 Å². The summed E-state index contributed by atoms with van der Waals surface area (Å²) in [6, 6.07) is 3.07. The molecular formula is C9H11BrO3. The molecule has 13 heavy (non-hydrogen) atoms. The van der Waals surface area contributed by atoms with E-state index >= 15 is 0 Å². The number of phenolic OH excluding ortho intramolecular Hbond substituents is 2. The Hall–Kier alpha value is -0.740. The van der Waals surface area contributed by atoms with Gasteiger partial charge in [-0.1, -0.05) is 15.9 Å². The number of aliphatic hydroxyl groups is 1. The van der Waals surface area contributed by atoms with Gasteiger partial charge in [0.25, 0.3) is 0 Å². The van der Waals surface area contributed by atoms with Crippen molar-refractivity contribution in [1.29, 1.82) is 0 Å². The minimum atomic E-state index is -0.542. The van der Waals surface area contributed by atoms with Gasteiger partial charge in [0.15, 0.2) is 11.5 Å². The van der Waals surface area contributed by atoms with Crippen LogP contribution in [-0.2, 0) is 6.42 Å². The van der Waals surface area contributed by atoms with Crippen LogP contribution in [0.1, 0.15) is 12.5 Å². The van der Waals surface area contributed by atoms with Crippen LogP contribution in [0, 0.1) is 0 Å². The molecule has 0 saturated carbocycles. The fourth-order valence-corrected chi connectivity index (χ4v) is 1.61. The van der Waals surface area contributed by atoms with Gasteiger partial charge in [-0.05, 0) is 19.1 Å². The lowest BCUT2D eigenvalue weighted by Crippen LogP contribution is -2.04. The van der Waals surface area contributed by atoms with Crippen molar-refractivity contribution in [3.05, 3.63) is 22.2 Å². The highest BCUT2D eigenvalue weighted by molar-refractivity contribution is 9.10. The molecule has 0 saturated heterocycles. The highest BCUT2D eigenvalue weighted by Gasteiger charge is 2.09. The molecule has 0 amide bonds. The summed E-state index contributed by atoms with van der Waals surface area (Å²) in [7, 11) is 0. The van der Waals surface area contributed by atoms with E-state index in [0.29, 0.717) is 16.5 Å². The summed E-state index contributed by atoms with van der Waals surface area (Å²) < 4.78 is 0.679. The Bertz CT molecular complexity index is 310. The van der Waals surface area contributed by atoms with Crippen molar-refractivity contribution in [3.63, 3.8) is 0 Å². The molecule has 3 N–H and O–H groups in total. The second kappa shape index (κ2) is 3.98. The molecule has 72 valence electrons. The molecule has 0 aliphatic carbocycles. The van der Waals surface area contributed by atoms with Crippen LogP contribution in [0.3, 0.4) is 0 Å². The molecule has 1 rings (SSSR count). The lowest BCUT2D eigenvalue weighted by molar-refractivity contribution is 0.194. The monoisotopic (exact) mass is 246 g/mol. The van der Waals surface area contributed by atoms with Gasteiger partial charge in [-0.15, -0.1) is 0 Å². The SMILES string of the molecule is CC(O)Cc1cc(Br)cc(O)c1O. The Morgan fingerprint density at radius 2 is 2.00 bits per heavy atom. The third-order valence-electron chi connectivity index (χ3n) is 1.65. The minimum absolute atomic E-state index is 0.163. The molecule has 0 aromatic heterocycles. The number of aromatic hydroxyl groups is 2. The highest BCUT2D eigenvalue weighted by Crippen LogP contribution is 2.33. The van der Waals surface area contributed by atoms with Crippen molar-refractivity contribution in [1.82, 2.24) is 0 Å². The number of phenols is 2. The highest BCUT2D eigenvalue weighted by atomic mass is 79.9. The summed E-state index contributed by atoms with van der Waals surface area (Å²) in [5.74, 6) is -0.339. The number of halogens is 1. The van der Waals surface area contributed by atoms with E-state index in [-0.39, 0.29) is 11.5 Å². The molecule has 4 heteroatoms. The largest absolute Gasteiger partial charge is 0.504 e. The van der Waals surface area contributed by atoms with Gasteiger partial charge < -0.3 is 15.3 Å². The summed E-state index contributed by atoms with van der Waals surface area (Å²) >= 11 is 3.18. The van der Waals surface area contributed by atoms with E-state index in [1.165, 1.54) is 6.07 Å². The van der Waals surface area contributed by atoms with E-state index in [4.69, 9.17) is 5.11 Å². The number of aliphatic hydroxyl groups excluding tert-OH is 1. The normalized spacial score (nSPS) is 12.8. The maximum Gasteiger partial charge on any atom is 0.160 e. The Morgan fingerprint density at radius 3 is 2.54 bits per heavy atom. The quantitative estimate of drug-likeness (QED) is 0.698. The van der Waals surface area contributed by atoms with E-state index in [1.807, 2.05) is 0 Å². The van der Waals surface area contributed by atoms with Gasteiger partial charge >= 0.3 is 0 Å². The van der Waals surface area contributed by atoms with Crippen LogP contribution in [0.15, 0.2) is 16.6 Å². The van der Waals surface area contributed by atoms with Crippen molar-refractivity contribution in [2.45, 2.75) is 19.4 Å². The van der Waals surface area contributed by atoms with E-state index in [9.17, 15) is 10.2 Å². The molecular weight excluding hydrogens is 236 g/mol. The van der Waals surface area contributed by atoms with Crippen molar-refractivity contribution in [2.75, 3.05) is 0 Å². The fourth-order valence-electron chi connectivity index (χ4n) is 1.11. The predicted molar refractivity (Wildman–Crippen MR) is 52.9 cm³/mol. The molecule has 1 aromatic rings. The molecule has 0 fully saturated rings. The van der Waals surface area contributed by atoms with Crippen LogP contribution >= 0.6 is 15.9 Å². The predicted octanol–water partition coefficient (Wildman–Crippen LogP) is 1.78. The van der Waals surface area contributed by atoms with E-state index < -0.39 is 6.10 Å². The van der Waals surface area contributed by atoms with E-state index in [1.54, 1.807) is 13.0 Å². The first-order valence-electron chi connectivity index (χ1n) is 3.89. The zero-order valence-electron chi connectivity index (χ0n) is 7.16. The Balaban J connectivity index is 3.05. The first-order valence-corrected chi connectivity index (χ1v) is 4.68. The third-order valence-corrected chi connectivity index (χ3v) is 2.11. The lowest BCUT2D eigenvalue weighted by Gasteiger charge is -2.08.